The Morgan fingerprint density at radius 2 is 1.41 bits per heavy atom. The van der Waals surface area contributed by atoms with Crippen molar-refractivity contribution in [2.45, 2.75) is 117 Å². The number of benzene rings is 1. The number of aromatic nitrogens is 2. The summed E-state index contributed by atoms with van der Waals surface area (Å²) in [6.45, 7) is 7.12. The van der Waals surface area contributed by atoms with Crippen LogP contribution >= 0.6 is 0 Å². The third-order valence-corrected chi connectivity index (χ3v) is 6.61. The SMILES string of the molecule is CCCCCCCCc1cnc(-c2ccc(OCCC(F)CCC(C)CCCCC)cc2)nc1. The summed E-state index contributed by atoms with van der Waals surface area (Å²) < 4.78 is 20.0. The first-order chi connectivity index (χ1) is 16.6. The molecule has 0 aliphatic rings. The zero-order valence-corrected chi connectivity index (χ0v) is 21.9. The van der Waals surface area contributed by atoms with E-state index in [2.05, 4.69) is 30.7 Å². The summed E-state index contributed by atoms with van der Waals surface area (Å²) >= 11 is 0. The molecule has 1 aromatic carbocycles. The van der Waals surface area contributed by atoms with Crippen molar-refractivity contribution in [3.8, 4) is 17.1 Å². The second-order valence-electron chi connectivity index (χ2n) is 9.87. The maximum atomic E-state index is 14.2. The molecule has 0 saturated carbocycles. The third-order valence-electron chi connectivity index (χ3n) is 6.61. The number of hydrogen-bond donors (Lipinski definition) is 0. The van der Waals surface area contributed by atoms with Crippen LogP contribution in [0.4, 0.5) is 4.39 Å². The highest BCUT2D eigenvalue weighted by Gasteiger charge is 2.10. The van der Waals surface area contributed by atoms with E-state index >= 15 is 0 Å². The van der Waals surface area contributed by atoms with E-state index in [-0.39, 0.29) is 0 Å². The summed E-state index contributed by atoms with van der Waals surface area (Å²) in [6, 6.07) is 7.80. The fraction of sp³-hybridized carbons (Fsp3) is 0.667. The summed E-state index contributed by atoms with van der Waals surface area (Å²) in [5.41, 5.74) is 2.18. The molecule has 0 bridgehead atoms. The Kier molecular flexibility index (Phi) is 14.5. The number of rotatable bonds is 19. The van der Waals surface area contributed by atoms with Crippen molar-refractivity contribution >= 4 is 0 Å². The molecule has 1 heterocycles. The molecule has 0 aliphatic carbocycles. The molecule has 1 aromatic heterocycles. The van der Waals surface area contributed by atoms with Gasteiger partial charge in [-0.25, -0.2) is 14.4 Å². The molecule has 0 saturated heterocycles. The Morgan fingerprint density at radius 1 is 0.765 bits per heavy atom. The number of unbranched alkanes of at least 4 members (excludes halogenated alkanes) is 7. The zero-order chi connectivity index (χ0) is 24.4. The molecule has 2 atom stereocenters. The number of aryl methyl sites for hydroxylation is 1. The number of alkyl halides is 1. The predicted octanol–water partition coefficient (Wildman–Crippen LogP) is 9.15. The fourth-order valence-corrected chi connectivity index (χ4v) is 4.24. The van der Waals surface area contributed by atoms with Crippen LogP contribution in [0.2, 0.25) is 0 Å². The van der Waals surface area contributed by atoms with Gasteiger partial charge in [0.1, 0.15) is 11.9 Å². The highest BCUT2D eigenvalue weighted by molar-refractivity contribution is 5.55. The molecule has 2 unspecified atom stereocenters. The molecular weight excluding hydrogens is 423 g/mol. The van der Waals surface area contributed by atoms with Gasteiger partial charge < -0.3 is 4.74 Å². The van der Waals surface area contributed by atoms with Crippen molar-refractivity contribution in [3.63, 3.8) is 0 Å². The van der Waals surface area contributed by atoms with E-state index < -0.39 is 6.17 Å². The van der Waals surface area contributed by atoms with Gasteiger partial charge in [0.2, 0.25) is 0 Å². The summed E-state index contributed by atoms with van der Waals surface area (Å²) in [7, 11) is 0. The Bertz CT molecular complexity index is 747. The number of ether oxygens (including phenoxy) is 1. The molecule has 0 N–H and O–H groups in total. The van der Waals surface area contributed by atoms with Gasteiger partial charge in [0.15, 0.2) is 5.82 Å². The van der Waals surface area contributed by atoms with Crippen molar-refractivity contribution in [3.05, 3.63) is 42.2 Å². The number of halogens is 1. The molecule has 190 valence electrons. The largest absolute Gasteiger partial charge is 0.493 e. The molecule has 0 aliphatic heterocycles. The molecule has 0 amide bonds. The maximum absolute atomic E-state index is 14.2. The molecule has 3 nitrogen and oxygen atoms in total. The molecular formula is C30H47FN2O. The maximum Gasteiger partial charge on any atom is 0.159 e. The van der Waals surface area contributed by atoms with Crippen LogP contribution in [0.25, 0.3) is 11.4 Å². The third kappa shape index (κ3) is 11.9. The Morgan fingerprint density at radius 3 is 2.12 bits per heavy atom. The van der Waals surface area contributed by atoms with E-state index in [1.54, 1.807) is 0 Å². The van der Waals surface area contributed by atoms with Gasteiger partial charge in [-0.05, 0) is 61.4 Å². The average molecular weight is 471 g/mol. The van der Waals surface area contributed by atoms with Crippen molar-refractivity contribution in [1.29, 1.82) is 0 Å². The van der Waals surface area contributed by atoms with Gasteiger partial charge in [-0.1, -0.05) is 78.6 Å². The molecule has 34 heavy (non-hydrogen) atoms. The van der Waals surface area contributed by atoms with Crippen LogP contribution in [0.15, 0.2) is 36.7 Å². The molecule has 4 heteroatoms. The van der Waals surface area contributed by atoms with Gasteiger partial charge in [-0.15, -0.1) is 0 Å². The first kappa shape index (κ1) is 28.3. The monoisotopic (exact) mass is 470 g/mol. The summed E-state index contributed by atoms with van der Waals surface area (Å²) in [6.07, 6.45) is 19.0. The van der Waals surface area contributed by atoms with Crippen molar-refractivity contribution < 1.29 is 9.13 Å². The van der Waals surface area contributed by atoms with Gasteiger partial charge in [0.25, 0.3) is 0 Å². The smallest absolute Gasteiger partial charge is 0.159 e. The molecule has 0 spiro atoms. The van der Waals surface area contributed by atoms with Crippen LogP contribution in [0.1, 0.15) is 110 Å². The van der Waals surface area contributed by atoms with Crippen LogP contribution in [0, 0.1) is 5.92 Å². The molecule has 2 aromatic rings. The lowest BCUT2D eigenvalue weighted by Crippen LogP contribution is -2.09. The Balaban J connectivity index is 1.65. The van der Waals surface area contributed by atoms with E-state index in [4.69, 9.17) is 4.74 Å². The second kappa shape index (κ2) is 17.5. The van der Waals surface area contributed by atoms with Crippen LogP contribution < -0.4 is 4.74 Å². The summed E-state index contributed by atoms with van der Waals surface area (Å²) in [4.78, 5) is 9.10. The quantitative estimate of drug-likeness (QED) is 0.192. The van der Waals surface area contributed by atoms with Gasteiger partial charge >= 0.3 is 0 Å². The summed E-state index contributed by atoms with van der Waals surface area (Å²) in [5, 5.41) is 0. The minimum absolute atomic E-state index is 0.411. The van der Waals surface area contributed by atoms with E-state index in [9.17, 15) is 4.39 Å². The van der Waals surface area contributed by atoms with Crippen LogP contribution in [-0.2, 0) is 6.42 Å². The van der Waals surface area contributed by atoms with E-state index in [0.717, 1.165) is 30.0 Å². The highest BCUT2D eigenvalue weighted by Crippen LogP contribution is 2.21. The highest BCUT2D eigenvalue weighted by atomic mass is 19.1. The lowest BCUT2D eigenvalue weighted by molar-refractivity contribution is 0.216. The van der Waals surface area contributed by atoms with Crippen LogP contribution in [0.5, 0.6) is 5.75 Å². The first-order valence-corrected chi connectivity index (χ1v) is 13.8. The average Bonchev–Trinajstić information content (AvgIpc) is 2.86. The van der Waals surface area contributed by atoms with Gasteiger partial charge in [0, 0.05) is 24.4 Å². The summed E-state index contributed by atoms with van der Waals surface area (Å²) in [5.74, 6) is 2.11. The first-order valence-electron chi connectivity index (χ1n) is 13.8. The number of nitrogens with zero attached hydrogens (tertiary/aromatic N) is 2. The van der Waals surface area contributed by atoms with Crippen molar-refractivity contribution in [2.24, 2.45) is 5.92 Å². The normalized spacial score (nSPS) is 13.1. The number of hydrogen-bond acceptors (Lipinski definition) is 3. The van der Waals surface area contributed by atoms with Crippen LogP contribution in [-0.4, -0.2) is 22.7 Å². The lowest BCUT2D eigenvalue weighted by atomic mass is 9.96. The molecule has 2 rings (SSSR count). The molecule has 0 radical (unpaired) electrons. The lowest BCUT2D eigenvalue weighted by Gasteiger charge is -2.14. The van der Waals surface area contributed by atoms with Crippen LogP contribution in [0.3, 0.4) is 0 Å². The van der Waals surface area contributed by atoms with E-state index in [0.29, 0.717) is 25.4 Å². The van der Waals surface area contributed by atoms with Gasteiger partial charge in [0.05, 0.1) is 6.61 Å². The standard InChI is InChI=1S/C30H47FN2O/c1-4-6-8-9-10-12-14-26-23-32-30(33-24-26)27-16-19-29(20-17-27)34-22-21-28(31)18-15-25(3)13-11-7-5-2/h16-17,19-20,23-25,28H,4-15,18,21-22H2,1-3H3. The van der Waals surface area contributed by atoms with Crippen molar-refractivity contribution in [1.82, 2.24) is 9.97 Å². The minimum atomic E-state index is -0.781. The minimum Gasteiger partial charge on any atom is -0.493 e. The van der Waals surface area contributed by atoms with Crippen molar-refractivity contribution in [2.75, 3.05) is 6.61 Å². The predicted molar refractivity (Wildman–Crippen MR) is 142 cm³/mol. The van der Waals surface area contributed by atoms with Gasteiger partial charge in [-0.3, -0.25) is 0 Å². The second-order valence-corrected chi connectivity index (χ2v) is 9.87. The zero-order valence-electron chi connectivity index (χ0n) is 21.9. The van der Waals surface area contributed by atoms with E-state index in [1.165, 1.54) is 69.8 Å². The molecule has 0 fully saturated rings. The van der Waals surface area contributed by atoms with Gasteiger partial charge in [-0.2, -0.15) is 0 Å². The Hall–Kier alpha value is -1.97. The van der Waals surface area contributed by atoms with E-state index in [1.807, 2.05) is 36.7 Å². The Labute approximate surface area is 208 Å². The fourth-order valence-electron chi connectivity index (χ4n) is 4.24. The topological polar surface area (TPSA) is 35.0 Å².